The third-order valence-corrected chi connectivity index (χ3v) is 5.23. The first-order valence-electron chi connectivity index (χ1n) is 8.55. The van der Waals surface area contributed by atoms with Gasteiger partial charge in [-0.05, 0) is 49.1 Å². The van der Waals surface area contributed by atoms with Crippen LogP contribution in [0.25, 0.3) is 0 Å². The number of carbonyl (C=O) groups is 1. The van der Waals surface area contributed by atoms with Gasteiger partial charge in [0.1, 0.15) is 5.82 Å². The van der Waals surface area contributed by atoms with Crippen molar-refractivity contribution in [2.45, 2.75) is 18.9 Å². The van der Waals surface area contributed by atoms with Crippen LogP contribution in [-0.4, -0.2) is 41.5 Å². The number of hydrogen-bond acceptors (Lipinski definition) is 3. The van der Waals surface area contributed by atoms with Gasteiger partial charge in [0, 0.05) is 31.4 Å². The molecule has 0 bridgehead atoms. The Bertz CT molecular complexity index is 798. The van der Waals surface area contributed by atoms with E-state index >= 15 is 0 Å². The van der Waals surface area contributed by atoms with Crippen LogP contribution in [0.4, 0.5) is 14.6 Å². The lowest BCUT2D eigenvalue weighted by Gasteiger charge is -2.39. The largest absolute Gasteiger partial charge is 0.352 e. The maximum atomic E-state index is 14.1. The number of carbonyl (C=O) groups excluding carboxylic acids is 1. The minimum absolute atomic E-state index is 0.00548. The highest BCUT2D eigenvalue weighted by atomic mass is 19.1. The molecule has 1 aromatic carbocycles. The number of rotatable bonds is 2. The van der Waals surface area contributed by atoms with E-state index in [2.05, 4.69) is 4.98 Å². The average Bonchev–Trinajstić information content (AvgIpc) is 3.04. The predicted octanol–water partition coefficient (Wildman–Crippen LogP) is 3.10. The zero-order chi connectivity index (χ0) is 17.4. The lowest BCUT2D eigenvalue weighted by molar-refractivity contribution is 0.0711. The molecule has 2 aliphatic rings. The summed E-state index contributed by atoms with van der Waals surface area (Å²) in [7, 11) is 0. The molecule has 2 atom stereocenters. The maximum Gasteiger partial charge on any atom is 0.254 e. The minimum atomic E-state index is -0.414. The molecule has 2 aliphatic heterocycles. The Morgan fingerprint density at radius 2 is 1.96 bits per heavy atom. The number of nitrogens with zero attached hydrogens (tertiary/aromatic N) is 3. The molecule has 0 spiro atoms. The van der Waals surface area contributed by atoms with E-state index in [-0.39, 0.29) is 17.8 Å². The Kier molecular flexibility index (Phi) is 4.11. The molecule has 130 valence electrons. The van der Waals surface area contributed by atoms with Crippen LogP contribution in [0.1, 0.15) is 23.2 Å². The Morgan fingerprint density at radius 1 is 1.12 bits per heavy atom. The second kappa shape index (κ2) is 6.43. The molecule has 25 heavy (non-hydrogen) atoms. The van der Waals surface area contributed by atoms with Crippen molar-refractivity contribution in [3.05, 3.63) is 59.8 Å². The monoisotopic (exact) mass is 343 g/mol. The molecule has 4 nitrogen and oxygen atoms in total. The molecule has 2 fully saturated rings. The minimum Gasteiger partial charge on any atom is -0.352 e. The topological polar surface area (TPSA) is 36.4 Å². The number of aromatic nitrogens is 1. The molecule has 0 N–H and O–H groups in total. The van der Waals surface area contributed by atoms with Gasteiger partial charge in [0.05, 0.1) is 6.04 Å². The predicted molar refractivity (Wildman–Crippen MR) is 90.4 cm³/mol. The summed E-state index contributed by atoms with van der Waals surface area (Å²) in [5, 5.41) is 0. The van der Waals surface area contributed by atoms with Crippen LogP contribution in [-0.2, 0) is 0 Å². The first-order chi connectivity index (χ1) is 12.1. The summed E-state index contributed by atoms with van der Waals surface area (Å²) in [5.41, 5.74) is 0.363. The highest BCUT2D eigenvalue weighted by Crippen LogP contribution is 2.34. The van der Waals surface area contributed by atoms with Gasteiger partial charge in [-0.2, -0.15) is 0 Å². The molecular weight excluding hydrogens is 324 g/mol. The van der Waals surface area contributed by atoms with Gasteiger partial charge >= 0.3 is 0 Å². The Balaban J connectivity index is 1.56. The third-order valence-electron chi connectivity index (χ3n) is 5.23. The smallest absolute Gasteiger partial charge is 0.254 e. The van der Waals surface area contributed by atoms with E-state index in [1.807, 2.05) is 9.80 Å². The fourth-order valence-corrected chi connectivity index (χ4v) is 3.98. The summed E-state index contributed by atoms with van der Waals surface area (Å²) in [6, 6.07) is 8.76. The van der Waals surface area contributed by atoms with Gasteiger partial charge < -0.3 is 9.80 Å². The summed E-state index contributed by atoms with van der Waals surface area (Å²) >= 11 is 0. The molecule has 0 saturated carbocycles. The molecule has 1 amide bonds. The summed E-state index contributed by atoms with van der Waals surface area (Å²) < 4.78 is 27.5. The van der Waals surface area contributed by atoms with Crippen LogP contribution >= 0.6 is 0 Å². The van der Waals surface area contributed by atoms with Crippen LogP contribution < -0.4 is 4.90 Å². The highest BCUT2D eigenvalue weighted by molar-refractivity contribution is 5.94. The molecule has 2 aromatic rings. The average molecular weight is 343 g/mol. The van der Waals surface area contributed by atoms with Crippen molar-refractivity contribution in [2.24, 2.45) is 5.92 Å². The van der Waals surface area contributed by atoms with Crippen LogP contribution in [0.3, 0.4) is 0 Å². The van der Waals surface area contributed by atoms with E-state index in [0.29, 0.717) is 30.4 Å². The molecule has 0 radical (unpaired) electrons. The normalized spacial score (nSPS) is 22.8. The van der Waals surface area contributed by atoms with Crippen molar-refractivity contribution in [2.75, 3.05) is 24.5 Å². The van der Waals surface area contributed by atoms with E-state index in [0.717, 1.165) is 19.4 Å². The van der Waals surface area contributed by atoms with Gasteiger partial charge in [-0.25, -0.2) is 13.8 Å². The van der Waals surface area contributed by atoms with Gasteiger partial charge in [0.2, 0.25) is 0 Å². The van der Waals surface area contributed by atoms with Crippen molar-refractivity contribution in [1.29, 1.82) is 0 Å². The van der Waals surface area contributed by atoms with Gasteiger partial charge in [0.15, 0.2) is 11.6 Å². The van der Waals surface area contributed by atoms with Crippen molar-refractivity contribution in [3.63, 3.8) is 0 Å². The number of anilines is 1. The number of hydrogen-bond donors (Lipinski definition) is 0. The summed E-state index contributed by atoms with van der Waals surface area (Å²) in [5.74, 6) is -0.175. The molecule has 2 saturated heterocycles. The van der Waals surface area contributed by atoms with Crippen molar-refractivity contribution >= 4 is 11.7 Å². The fraction of sp³-hybridized carbons (Fsp3) is 0.368. The Hall–Kier alpha value is -2.50. The zero-order valence-electron chi connectivity index (χ0n) is 13.7. The van der Waals surface area contributed by atoms with Crippen LogP contribution in [0.15, 0.2) is 42.6 Å². The fourth-order valence-electron chi connectivity index (χ4n) is 3.98. The number of fused-ring (bicyclic) bond motifs is 1. The van der Waals surface area contributed by atoms with Crippen LogP contribution in [0.5, 0.6) is 0 Å². The summed E-state index contributed by atoms with van der Waals surface area (Å²) in [6.45, 7) is 1.94. The van der Waals surface area contributed by atoms with Gasteiger partial charge in [0.25, 0.3) is 5.91 Å². The molecule has 3 heterocycles. The first-order valence-corrected chi connectivity index (χ1v) is 8.55. The van der Waals surface area contributed by atoms with E-state index in [9.17, 15) is 13.6 Å². The van der Waals surface area contributed by atoms with E-state index in [1.54, 1.807) is 24.4 Å². The summed E-state index contributed by atoms with van der Waals surface area (Å²) in [4.78, 5) is 20.7. The standard InChI is InChI=1S/C19H19F2N3O/c20-15-4-1-3-14(11-15)19(25)24-10-7-13-6-9-23(12-17(13)24)18-16(21)5-2-8-22-18/h1-5,8,11,13,17H,6-7,9-10,12H2. The number of halogens is 2. The molecule has 0 aliphatic carbocycles. The lowest BCUT2D eigenvalue weighted by atomic mass is 9.92. The second-order valence-electron chi connectivity index (χ2n) is 6.67. The number of benzene rings is 1. The summed E-state index contributed by atoms with van der Waals surface area (Å²) in [6.07, 6.45) is 3.41. The quantitative estimate of drug-likeness (QED) is 0.841. The van der Waals surface area contributed by atoms with E-state index < -0.39 is 5.82 Å². The SMILES string of the molecule is O=C(c1cccc(F)c1)N1CCC2CCN(c3ncccc3F)CC21. The maximum absolute atomic E-state index is 14.1. The number of likely N-dealkylation sites (tertiary alicyclic amines) is 1. The molecule has 1 aromatic heterocycles. The third kappa shape index (κ3) is 2.97. The van der Waals surface area contributed by atoms with Crippen molar-refractivity contribution in [3.8, 4) is 0 Å². The lowest BCUT2D eigenvalue weighted by Crippen LogP contribution is -2.50. The molecule has 6 heteroatoms. The number of amides is 1. The second-order valence-corrected chi connectivity index (χ2v) is 6.67. The Morgan fingerprint density at radius 3 is 2.76 bits per heavy atom. The Labute approximate surface area is 145 Å². The number of piperidine rings is 1. The van der Waals surface area contributed by atoms with Crippen LogP contribution in [0.2, 0.25) is 0 Å². The highest BCUT2D eigenvalue weighted by Gasteiger charge is 2.41. The molecule has 4 rings (SSSR count). The van der Waals surface area contributed by atoms with Gasteiger partial charge in [-0.3, -0.25) is 4.79 Å². The van der Waals surface area contributed by atoms with Crippen LogP contribution in [0, 0.1) is 17.6 Å². The van der Waals surface area contributed by atoms with E-state index in [4.69, 9.17) is 0 Å². The van der Waals surface area contributed by atoms with Crippen molar-refractivity contribution < 1.29 is 13.6 Å². The zero-order valence-corrected chi connectivity index (χ0v) is 13.7. The molecule has 2 unspecified atom stereocenters. The van der Waals surface area contributed by atoms with Gasteiger partial charge in [-0.1, -0.05) is 6.07 Å². The molecular formula is C19H19F2N3O. The van der Waals surface area contributed by atoms with Gasteiger partial charge in [-0.15, -0.1) is 0 Å². The first kappa shape index (κ1) is 16.0. The van der Waals surface area contributed by atoms with Crippen molar-refractivity contribution in [1.82, 2.24) is 9.88 Å². The number of pyridine rings is 1. The van der Waals surface area contributed by atoms with E-state index in [1.165, 1.54) is 18.2 Å².